The van der Waals surface area contributed by atoms with Crippen molar-refractivity contribution in [1.29, 1.82) is 0 Å². The maximum Gasteiger partial charge on any atom is 0.162 e. The Kier molecular flexibility index (Phi) is 2.07. The van der Waals surface area contributed by atoms with E-state index in [0.29, 0.717) is 5.82 Å². The lowest BCUT2D eigenvalue weighted by Crippen LogP contribution is -1.95. The molecule has 6 heteroatoms. The minimum atomic E-state index is 0.704. The molecule has 0 saturated heterocycles. The Morgan fingerprint density at radius 2 is 2.06 bits per heavy atom. The van der Waals surface area contributed by atoms with Crippen LogP contribution in [0, 0.1) is 0 Å². The van der Waals surface area contributed by atoms with Crippen molar-refractivity contribution in [2.45, 2.75) is 5.03 Å². The molecule has 0 aliphatic carbocycles. The first-order valence-corrected chi connectivity index (χ1v) is 5.41. The first-order chi connectivity index (χ1) is 7.86. The highest BCUT2D eigenvalue weighted by Gasteiger charge is 2.19. The molecule has 0 atom stereocenters. The number of aromatic nitrogens is 4. The van der Waals surface area contributed by atoms with Crippen LogP contribution in [-0.2, 0) is 0 Å². The SMILES string of the molecule is C=C1c2cncnc2SNc2nccnc21. The molecule has 16 heavy (non-hydrogen) atoms. The van der Waals surface area contributed by atoms with Gasteiger partial charge in [0.25, 0.3) is 0 Å². The molecule has 1 aliphatic rings. The molecule has 3 rings (SSSR count). The van der Waals surface area contributed by atoms with Gasteiger partial charge in [-0.15, -0.1) is 0 Å². The number of fused-ring (bicyclic) bond motifs is 2. The van der Waals surface area contributed by atoms with Gasteiger partial charge in [0.05, 0.1) is 0 Å². The van der Waals surface area contributed by atoms with Gasteiger partial charge >= 0.3 is 0 Å². The maximum atomic E-state index is 4.27. The molecule has 0 unspecified atom stereocenters. The van der Waals surface area contributed by atoms with E-state index in [2.05, 4.69) is 31.2 Å². The Morgan fingerprint density at radius 3 is 3.00 bits per heavy atom. The van der Waals surface area contributed by atoms with Gasteiger partial charge in [-0.05, 0) is 0 Å². The van der Waals surface area contributed by atoms with Crippen molar-refractivity contribution in [2.75, 3.05) is 4.72 Å². The Labute approximate surface area is 96.2 Å². The van der Waals surface area contributed by atoms with Gasteiger partial charge in [-0.2, -0.15) is 0 Å². The van der Waals surface area contributed by atoms with E-state index in [9.17, 15) is 0 Å². The second kappa shape index (κ2) is 3.57. The molecule has 0 saturated carbocycles. The van der Waals surface area contributed by atoms with Crippen LogP contribution in [0.1, 0.15) is 11.3 Å². The molecule has 0 fully saturated rings. The van der Waals surface area contributed by atoms with Crippen LogP contribution in [0.25, 0.3) is 5.57 Å². The van der Waals surface area contributed by atoms with Crippen molar-refractivity contribution in [2.24, 2.45) is 0 Å². The summed E-state index contributed by atoms with van der Waals surface area (Å²) in [5.74, 6) is 0.704. The van der Waals surface area contributed by atoms with Gasteiger partial charge in [0, 0.05) is 41.7 Å². The summed E-state index contributed by atoms with van der Waals surface area (Å²) >= 11 is 1.39. The predicted molar refractivity (Wildman–Crippen MR) is 61.7 cm³/mol. The highest BCUT2D eigenvalue weighted by atomic mass is 32.2. The van der Waals surface area contributed by atoms with E-state index in [0.717, 1.165) is 21.9 Å². The Morgan fingerprint density at radius 1 is 1.19 bits per heavy atom. The summed E-state index contributed by atoms with van der Waals surface area (Å²) in [6, 6.07) is 0. The lowest BCUT2D eigenvalue weighted by atomic mass is 10.1. The Hall–Kier alpha value is -1.95. The summed E-state index contributed by atoms with van der Waals surface area (Å²) in [7, 11) is 0. The van der Waals surface area contributed by atoms with E-state index in [1.165, 1.54) is 18.3 Å². The van der Waals surface area contributed by atoms with Crippen LogP contribution in [0.15, 0.2) is 36.5 Å². The number of rotatable bonds is 0. The minimum absolute atomic E-state index is 0.704. The lowest BCUT2D eigenvalue weighted by Gasteiger charge is -2.04. The molecule has 78 valence electrons. The fraction of sp³-hybridized carbons (Fsp3) is 0. The number of hydrogen-bond acceptors (Lipinski definition) is 6. The molecule has 5 nitrogen and oxygen atoms in total. The highest BCUT2D eigenvalue weighted by Crippen LogP contribution is 2.35. The van der Waals surface area contributed by atoms with Crippen LogP contribution >= 0.6 is 11.9 Å². The molecule has 0 amide bonds. The van der Waals surface area contributed by atoms with Gasteiger partial charge < -0.3 is 4.72 Å². The summed E-state index contributed by atoms with van der Waals surface area (Å²) in [6.07, 6.45) is 6.53. The fourth-order valence-electron chi connectivity index (χ4n) is 1.46. The van der Waals surface area contributed by atoms with E-state index in [1.54, 1.807) is 18.6 Å². The zero-order valence-electron chi connectivity index (χ0n) is 8.21. The minimum Gasteiger partial charge on any atom is -0.307 e. The van der Waals surface area contributed by atoms with Gasteiger partial charge in [0.1, 0.15) is 17.0 Å². The molecule has 0 aromatic carbocycles. The molecule has 0 bridgehead atoms. The van der Waals surface area contributed by atoms with Gasteiger partial charge in [-0.25, -0.2) is 15.0 Å². The third-order valence-electron chi connectivity index (χ3n) is 2.23. The summed E-state index contributed by atoms with van der Waals surface area (Å²) < 4.78 is 3.10. The van der Waals surface area contributed by atoms with Crippen LogP contribution in [0.4, 0.5) is 5.82 Å². The molecule has 1 N–H and O–H groups in total. The molecular formula is C10H7N5S. The van der Waals surface area contributed by atoms with Crippen molar-refractivity contribution in [3.63, 3.8) is 0 Å². The second-order valence-corrected chi connectivity index (χ2v) is 3.97. The zero-order chi connectivity index (χ0) is 11.0. The normalized spacial score (nSPS) is 13.4. The third-order valence-corrected chi connectivity index (χ3v) is 3.04. The van der Waals surface area contributed by atoms with Crippen LogP contribution in [0.2, 0.25) is 0 Å². The van der Waals surface area contributed by atoms with Gasteiger partial charge in [0.15, 0.2) is 5.82 Å². The Balaban J connectivity index is 2.22. The van der Waals surface area contributed by atoms with Crippen LogP contribution in [0.3, 0.4) is 0 Å². The van der Waals surface area contributed by atoms with Crippen molar-refractivity contribution in [3.05, 3.63) is 42.8 Å². The first kappa shape index (κ1) is 9.29. The van der Waals surface area contributed by atoms with Crippen molar-refractivity contribution in [1.82, 2.24) is 19.9 Å². The monoisotopic (exact) mass is 229 g/mol. The van der Waals surface area contributed by atoms with Gasteiger partial charge in [0.2, 0.25) is 0 Å². The standard InChI is InChI=1S/C10H7N5S/c1-6-7-4-11-5-14-10(7)16-15-9-8(6)12-2-3-13-9/h2-5H,1H2,(H,13,15). The maximum absolute atomic E-state index is 4.27. The zero-order valence-corrected chi connectivity index (χ0v) is 9.03. The smallest absolute Gasteiger partial charge is 0.162 e. The number of anilines is 1. The number of nitrogens with zero attached hydrogens (tertiary/aromatic N) is 4. The van der Waals surface area contributed by atoms with Crippen LogP contribution in [0.5, 0.6) is 0 Å². The molecule has 3 heterocycles. The average molecular weight is 229 g/mol. The van der Waals surface area contributed by atoms with Crippen molar-refractivity contribution in [3.8, 4) is 0 Å². The number of nitrogens with one attached hydrogen (secondary N) is 1. The quantitative estimate of drug-likeness (QED) is 0.548. The topological polar surface area (TPSA) is 63.6 Å². The van der Waals surface area contributed by atoms with Crippen LogP contribution < -0.4 is 4.72 Å². The van der Waals surface area contributed by atoms with E-state index in [-0.39, 0.29) is 0 Å². The molecular weight excluding hydrogens is 222 g/mol. The van der Waals surface area contributed by atoms with E-state index in [4.69, 9.17) is 0 Å². The van der Waals surface area contributed by atoms with E-state index >= 15 is 0 Å². The van der Waals surface area contributed by atoms with Crippen molar-refractivity contribution < 1.29 is 0 Å². The van der Waals surface area contributed by atoms with Crippen LogP contribution in [-0.4, -0.2) is 19.9 Å². The van der Waals surface area contributed by atoms with Gasteiger partial charge in [-0.1, -0.05) is 6.58 Å². The second-order valence-electron chi connectivity index (χ2n) is 3.18. The largest absolute Gasteiger partial charge is 0.307 e. The van der Waals surface area contributed by atoms with Gasteiger partial charge in [-0.3, -0.25) is 4.98 Å². The first-order valence-electron chi connectivity index (χ1n) is 4.60. The molecule has 2 aromatic rings. The molecule has 2 aromatic heterocycles. The summed E-state index contributed by atoms with van der Waals surface area (Å²) in [6.45, 7) is 4.02. The summed E-state index contributed by atoms with van der Waals surface area (Å²) in [5.41, 5.74) is 2.42. The Bertz CT molecular complexity index is 519. The molecule has 0 radical (unpaired) electrons. The van der Waals surface area contributed by atoms with E-state index in [1.807, 2.05) is 0 Å². The fourth-order valence-corrected chi connectivity index (χ4v) is 2.19. The molecule has 0 spiro atoms. The lowest BCUT2D eigenvalue weighted by molar-refractivity contribution is 1.03. The summed E-state index contributed by atoms with van der Waals surface area (Å²) in [4.78, 5) is 16.7. The average Bonchev–Trinajstić information content (AvgIpc) is 2.49. The highest BCUT2D eigenvalue weighted by molar-refractivity contribution is 8.00. The third kappa shape index (κ3) is 1.35. The van der Waals surface area contributed by atoms with Crippen molar-refractivity contribution >= 4 is 23.3 Å². The number of hydrogen-bond donors (Lipinski definition) is 1. The van der Waals surface area contributed by atoms with E-state index < -0.39 is 0 Å². The summed E-state index contributed by atoms with van der Waals surface area (Å²) in [5, 5.41) is 0.833. The molecule has 1 aliphatic heterocycles. The predicted octanol–water partition coefficient (Wildman–Crippen LogP) is 1.76.